The maximum Gasteiger partial charge on any atom is 0.402 e. The lowest BCUT2D eigenvalue weighted by molar-refractivity contribution is 0.00374. The van der Waals surface area contributed by atoms with Crippen LogP contribution in [0.4, 0.5) is 8.78 Å². The van der Waals surface area contributed by atoms with Gasteiger partial charge >= 0.3 is 15.4 Å². The van der Waals surface area contributed by atoms with Gasteiger partial charge in [-0.25, -0.2) is 0 Å². The molecule has 4 nitrogen and oxygen atoms in total. The summed E-state index contributed by atoms with van der Waals surface area (Å²) < 4.78 is 57.4. The molecule has 13 heavy (non-hydrogen) atoms. The van der Waals surface area contributed by atoms with Crippen LogP contribution in [0.3, 0.4) is 0 Å². The average Bonchev–Trinajstić information content (AvgIpc) is 1.98. The van der Waals surface area contributed by atoms with Crippen molar-refractivity contribution < 1.29 is 26.5 Å². The predicted molar refractivity (Wildman–Crippen MR) is 41.9 cm³/mol. The molecule has 0 aliphatic rings. The van der Waals surface area contributed by atoms with Crippen molar-refractivity contribution in [1.82, 2.24) is 0 Å². The monoisotopic (exact) mass is 216 g/mol. The molecule has 0 aliphatic heterocycles. The van der Waals surface area contributed by atoms with Crippen molar-refractivity contribution in [3.8, 4) is 0 Å². The van der Waals surface area contributed by atoms with Gasteiger partial charge in [0.1, 0.15) is 0 Å². The predicted octanol–water partition coefficient (Wildman–Crippen LogP) is 1.41. The van der Waals surface area contributed by atoms with Crippen molar-refractivity contribution >= 4 is 10.1 Å². The minimum Gasteiger partial charge on any atom is -0.491 e. The lowest BCUT2D eigenvalue weighted by Gasteiger charge is -2.13. The maximum atomic E-state index is 12.4. The number of rotatable bonds is 4. The molecule has 0 unspecified atom stereocenters. The van der Waals surface area contributed by atoms with Crippen molar-refractivity contribution in [2.24, 2.45) is 0 Å². The van der Waals surface area contributed by atoms with Crippen molar-refractivity contribution in [2.75, 3.05) is 6.61 Å². The van der Waals surface area contributed by atoms with Crippen LogP contribution in [0.15, 0.2) is 11.8 Å². The first-order valence-corrected chi connectivity index (χ1v) is 4.75. The summed E-state index contributed by atoms with van der Waals surface area (Å²) in [5, 5.41) is -4.27. The fourth-order valence-corrected chi connectivity index (χ4v) is 0.564. The molecule has 0 heterocycles. The van der Waals surface area contributed by atoms with E-state index >= 15 is 0 Å². The van der Waals surface area contributed by atoms with E-state index in [2.05, 4.69) is 4.74 Å². The van der Waals surface area contributed by atoms with Gasteiger partial charge < -0.3 is 4.74 Å². The molecule has 0 spiro atoms. The zero-order chi connectivity index (χ0) is 10.7. The van der Waals surface area contributed by atoms with E-state index in [4.69, 9.17) is 4.55 Å². The van der Waals surface area contributed by atoms with Gasteiger partial charge in [0, 0.05) is 0 Å². The van der Waals surface area contributed by atoms with Crippen molar-refractivity contribution in [3.63, 3.8) is 0 Å². The topological polar surface area (TPSA) is 63.6 Å². The fourth-order valence-electron chi connectivity index (χ4n) is 0.356. The number of hydrogen-bond acceptors (Lipinski definition) is 3. The Bertz CT molecular complexity index is 294. The first kappa shape index (κ1) is 12.3. The third-order valence-corrected chi connectivity index (χ3v) is 2.12. The Morgan fingerprint density at radius 1 is 1.62 bits per heavy atom. The van der Waals surface area contributed by atoms with Crippen molar-refractivity contribution in [1.29, 1.82) is 0 Å². The SMILES string of the molecule is CC=C(C)OCC(F)(F)S(=O)(=O)O. The maximum absolute atomic E-state index is 12.4. The highest BCUT2D eigenvalue weighted by Crippen LogP contribution is 2.21. The second-order valence-electron chi connectivity index (χ2n) is 2.30. The van der Waals surface area contributed by atoms with Crippen LogP contribution in [-0.2, 0) is 14.9 Å². The molecule has 0 rings (SSSR count). The summed E-state index contributed by atoms with van der Waals surface area (Å²) in [6.07, 6.45) is 1.39. The minimum atomic E-state index is -5.39. The Kier molecular flexibility index (Phi) is 3.80. The molecule has 1 N–H and O–H groups in total. The van der Waals surface area contributed by atoms with Crippen molar-refractivity contribution in [2.45, 2.75) is 19.1 Å². The molecule has 0 atom stereocenters. The summed E-state index contributed by atoms with van der Waals surface area (Å²) in [6.45, 7) is 1.54. The van der Waals surface area contributed by atoms with Gasteiger partial charge in [0.05, 0.1) is 5.76 Å². The van der Waals surface area contributed by atoms with Gasteiger partial charge in [-0.15, -0.1) is 0 Å². The molecule has 78 valence electrons. The highest BCUT2D eigenvalue weighted by atomic mass is 32.2. The van der Waals surface area contributed by atoms with E-state index in [9.17, 15) is 17.2 Å². The van der Waals surface area contributed by atoms with Gasteiger partial charge in [0.2, 0.25) is 0 Å². The molecule has 0 saturated carbocycles. The van der Waals surface area contributed by atoms with Crippen LogP contribution in [0, 0.1) is 0 Å². The smallest absolute Gasteiger partial charge is 0.402 e. The Labute approximate surface area is 74.9 Å². The highest BCUT2D eigenvalue weighted by molar-refractivity contribution is 7.86. The van der Waals surface area contributed by atoms with E-state index in [-0.39, 0.29) is 5.76 Å². The first-order chi connectivity index (χ1) is 5.70. The molecule has 0 fully saturated rings. The molecule has 0 amide bonds. The van der Waals surface area contributed by atoms with Crippen molar-refractivity contribution in [3.05, 3.63) is 11.8 Å². The molecule has 0 aromatic carbocycles. The second-order valence-corrected chi connectivity index (χ2v) is 3.85. The lowest BCUT2D eigenvalue weighted by Crippen LogP contribution is -2.33. The summed E-state index contributed by atoms with van der Waals surface area (Å²) >= 11 is 0. The lowest BCUT2D eigenvalue weighted by atomic mass is 10.5. The summed E-state index contributed by atoms with van der Waals surface area (Å²) in [5.74, 6) is 0.156. The molecule has 0 saturated heterocycles. The van der Waals surface area contributed by atoms with E-state index in [1.807, 2.05) is 0 Å². The molecule has 0 aromatic heterocycles. The van der Waals surface area contributed by atoms with Gasteiger partial charge in [0.15, 0.2) is 6.61 Å². The van der Waals surface area contributed by atoms with E-state index in [0.717, 1.165) is 0 Å². The summed E-state index contributed by atoms with van der Waals surface area (Å²) in [4.78, 5) is 0. The first-order valence-electron chi connectivity index (χ1n) is 3.31. The molecule has 0 bridgehead atoms. The Morgan fingerprint density at radius 2 is 2.08 bits per heavy atom. The standard InChI is InChI=1S/C6H10F2O4S/c1-3-5(2)12-4-6(7,8)13(9,10)11/h3H,4H2,1-2H3,(H,9,10,11). The van der Waals surface area contributed by atoms with Crippen LogP contribution in [0.1, 0.15) is 13.8 Å². The zero-order valence-electron chi connectivity index (χ0n) is 7.12. The molecule has 0 aromatic rings. The Hall–Kier alpha value is -0.690. The van der Waals surface area contributed by atoms with E-state index in [1.165, 1.54) is 13.0 Å². The quantitative estimate of drug-likeness (QED) is 0.570. The Morgan fingerprint density at radius 3 is 2.38 bits per heavy atom. The molecule has 0 radical (unpaired) electrons. The van der Waals surface area contributed by atoms with Gasteiger partial charge in [-0.2, -0.15) is 17.2 Å². The zero-order valence-corrected chi connectivity index (χ0v) is 7.94. The Balaban J connectivity index is 4.38. The normalized spacial score (nSPS) is 14.4. The fraction of sp³-hybridized carbons (Fsp3) is 0.667. The van der Waals surface area contributed by atoms with Gasteiger partial charge in [-0.05, 0) is 13.8 Å². The molecule has 7 heteroatoms. The van der Waals surface area contributed by atoms with Crippen LogP contribution in [0.5, 0.6) is 0 Å². The number of hydrogen-bond donors (Lipinski definition) is 1. The third kappa shape index (κ3) is 3.69. The number of allylic oxidation sites excluding steroid dienone is 2. The van der Waals surface area contributed by atoms with Crippen LogP contribution in [0.25, 0.3) is 0 Å². The van der Waals surface area contributed by atoms with Gasteiger partial charge in [-0.3, -0.25) is 4.55 Å². The third-order valence-electron chi connectivity index (χ3n) is 1.25. The largest absolute Gasteiger partial charge is 0.491 e. The van der Waals surface area contributed by atoms with E-state index < -0.39 is 22.0 Å². The highest BCUT2D eigenvalue weighted by Gasteiger charge is 2.45. The average molecular weight is 216 g/mol. The van der Waals surface area contributed by atoms with Gasteiger partial charge in [0.25, 0.3) is 0 Å². The van der Waals surface area contributed by atoms with Crippen LogP contribution in [-0.4, -0.2) is 24.8 Å². The van der Waals surface area contributed by atoms with Crippen LogP contribution in [0.2, 0.25) is 0 Å². The molecular formula is C6H10F2O4S. The van der Waals surface area contributed by atoms with E-state index in [1.54, 1.807) is 6.92 Å². The molecular weight excluding hydrogens is 206 g/mol. The second kappa shape index (κ2) is 4.01. The van der Waals surface area contributed by atoms with Gasteiger partial charge in [-0.1, -0.05) is 6.08 Å². The minimum absolute atomic E-state index is 0.156. The van der Waals surface area contributed by atoms with Crippen LogP contribution >= 0.6 is 0 Å². The summed E-state index contributed by atoms with van der Waals surface area (Å²) in [5.41, 5.74) is 0. The van der Waals surface area contributed by atoms with Crippen LogP contribution < -0.4 is 0 Å². The summed E-state index contributed by atoms with van der Waals surface area (Å²) in [7, 11) is -5.39. The van der Waals surface area contributed by atoms with E-state index in [0.29, 0.717) is 0 Å². The number of ether oxygens (including phenoxy) is 1. The summed E-state index contributed by atoms with van der Waals surface area (Å²) in [6, 6.07) is 0. The molecule has 0 aliphatic carbocycles. The number of halogens is 2. The number of alkyl halides is 2.